The van der Waals surface area contributed by atoms with Gasteiger partial charge in [0.05, 0.1) is 22.8 Å². The lowest BCUT2D eigenvalue weighted by Crippen LogP contribution is -1.91. The van der Waals surface area contributed by atoms with Crippen LogP contribution in [0.25, 0.3) is 33.9 Å². The molecule has 3 heterocycles. The van der Waals surface area contributed by atoms with Crippen molar-refractivity contribution in [3.05, 3.63) is 71.6 Å². The third-order valence-electron chi connectivity index (χ3n) is 4.78. The van der Waals surface area contributed by atoms with Gasteiger partial charge in [-0.05, 0) is 49.4 Å². The second-order valence-electron chi connectivity index (χ2n) is 7.30. The van der Waals surface area contributed by atoms with E-state index in [-0.39, 0.29) is 11.7 Å². The number of imidazole rings is 1. The lowest BCUT2D eigenvalue weighted by molar-refractivity contribution is 0.111. The topological polar surface area (TPSA) is 74.4 Å². The summed E-state index contributed by atoms with van der Waals surface area (Å²) in [7, 11) is 0. The zero-order valence-electron chi connectivity index (χ0n) is 16.5. The summed E-state index contributed by atoms with van der Waals surface area (Å²) in [4.78, 5) is 26.7. The van der Waals surface area contributed by atoms with Gasteiger partial charge < -0.3 is 9.97 Å². The number of aldehydes is 1. The van der Waals surface area contributed by atoms with E-state index in [2.05, 4.69) is 28.8 Å². The summed E-state index contributed by atoms with van der Waals surface area (Å²) in [5.41, 5.74) is 5.30. The molecule has 5 nitrogen and oxygen atoms in total. The van der Waals surface area contributed by atoms with Gasteiger partial charge in [0.1, 0.15) is 11.6 Å². The molecule has 0 atom stereocenters. The van der Waals surface area contributed by atoms with E-state index >= 15 is 0 Å². The van der Waals surface area contributed by atoms with E-state index in [1.54, 1.807) is 24.3 Å². The molecule has 3 aromatic heterocycles. The molecule has 0 spiro atoms. The Bertz CT molecular complexity index is 1190. The first-order valence-electron chi connectivity index (χ1n) is 9.44. The number of H-pyrrole nitrogens is 2. The minimum absolute atomic E-state index is 0.200. The maximum absolute atomic E-state index is 14.5. The quantitative estimate of drug-likeness (QED) is 0.442. The lowest BCUT2D eigenvalue weighted by atomic mass is 10.0. The van der Waals surface area contributed by atoms with Crippen LogP contribution in [0.4, 0.5) is 4.39 Å². The van der Waals surface area contributed by atoms with Crippen LogP contribution in [-0.4, -0.2) is 26.2 Å². The number of rotatable bonds is 5. The third kappa shape index (κ3) is 3.61. The van der Waals surface area contributed by atoms with Crippen LogP contribution in [0, 0.1) is 12.7 Å². The van der Waals surface area contributed by atoms with Gasteiger partial charge in [0.25, 0.3) is 0 Å². The molecule has 0 aliphatic heterocycles. The Balaban J connectivity index is 1.88. The SMILES string of the molecule is Cc1cccc(-c2[nH]c(C(C)C)nc2-c2ccc(F)c(-c3ccc(C=O)[nH]3)c2)n1. The van der Waals surface area contributed by atoms with Crippen molar-refractivity contribution in [1.29, 1.82) is 0 Å². The van der Waals surface area contributed by atoms with Gasteiger partial charge in [-0.2, -0.15) is 0 Å². The number of aromatic nitrogens is 4. The molecule has 6 heteroatoms. The highest BCUT2D eigenvalue weighted by Crippen LogP contribution is 2.34. The maximum atomic E-state index is 14.5. The highest BCUT2D eigenvalue weighted by Gasteiger charge is 2.19. The fourth-order valence-electron chi connectivity index (χ4n) is 3.26. The van der Waals surface area contributed by atoms with Crippen molar-refractivity contribution in [2.24, 2.45) is 0 Å². The molecule has 0 amide bonds. The zero-order chi connectivity index (χ0) is 20.5. The number of carbonyl (C=O) groups excluding carboxylic acids is 1. The van der Waals surface area contributed by atoms with Crippen molar-refractivity contribution < 1.29 is 9.18 Å². The van der Waals surface area contributed by atoms with Crippen LogP contribution in [0.3, 0.4) is 0 Å². The van der Waals surface area contributed by atoms with Crippen LogP contribution < -0.4 is 0 Å². The fourth-order valence-corrected chi connectivity index (χ4v) is 3.26. The Morgan fingerprint density at radius 3 is 2.55 bits per heavy atom. The van der Waals surface area contributed by atoms with Crippen molar-refractivity contribution in [2.45, 2.75) is 26.7 Å². The summed E-state index contributed by atoms with van der Waals surface area (Å²) < 4.78 is 14.5. The van der Waals surface area contributed by atoms with Crippen molar-refractivity contribution in [3.8, 4) is 33.9 Å². The number of hydrogen-bond acceptors (Lipinski definition) is 3. The molecule has 0 fully saturated rings. The number of hydrogen-bond donors (Lipinski definition) is 2. The minimum Gasteiger partial charge on any atom is -0.352 e. The van der Waals surface area contributed by atoms with Crippen molar-refractivity contribution in [2.75, 3.05) is 0 Å². The van der Waals surface area contributed by atoms with Crippen LogP contribution in [0.1, 0.15) is 41.8 Å². The van der Waals surface area contributed by atoms with E-state index in [9.17, 15) is 9.18 Å². The number of nitrogens with zero attached hydrogens (tertiary/aromatic N) is 2. The van der Waals surface area contributed by atoms with E-state index in [1.165, 1.54) is 6.07 Å². The summed E-state index contributed by atoms with van der Waals surface area (Å²) >= 11 is 0. The zero-order valence-corrected chi connectivity index (χ0v) is 16.5. The predicted molar refractivity (Wildman–Crippen MR) is 111 cm³/mol. The first-order valence-corrected chi connectivity index (χ1v) is 9.44. The van der Waals surface area contributed by atoms with Gasteiger partial charge in [-0.3, -0.25) is 9.78 Å². The molecule has 1 aromatic carbocycles. The van der Waals surface area contributed by atoms with E-state index in [0.29, 0.717) is 23.2 Å². The van der Waals surface area contributed by atoms with Crippen LogP contribution in [-0.2, 0) is 0 Å². The average molecular weight is 388 g/mol. The van der Waals surface area contributed by atoms with Crippen molar-refractivity contribution in [1.82, 2.24) is 19.9 Å². The predicted octanol–water partition coefficient (Wildman–Crippen LogP) is 5.52. The molecule has 29 heavy (non-hydrogen) atoms. The highest BCUT2D eigenvalue weighted by atomic mass is 19.1. The largest absolute Gasteiger partial charge is 0.352 e. The molecule has 2 N–H and O–H groups in total. The average Bonchev–Trinajstić information content (AvgIpc) is 3.36. The normalized spacial score (nSPS) is 11.2. The Labute approximate surface area is 168 Å². The number of aryl methyl sites for hydroxylation is 1. The molecule has 0 saturated carbocycles. The van der Waals surface area contributed by atoms with Gasteiger partial charge in [-0.25, -0.2) is 9.37 Å². The van der Waals surface area contributed by atoms with Gasteiger partial charge in [0, 0.05) is 28.4 Å². The molecular formula is C23H21FN4O. The molecule has 0 unspecified atom stereocenters. The summed E-state index contributed by atoms with van der Waals surface area (Å²) in [6, 6.07) is 14.0. The fraction of sp³-hybridized carbons (Fsp3) is 0.174. The lowest BCUT2D eigenvalue weighted by Gasteiger charge is -2.07. The molecule has 0 bridgehead atoms. The Hall–Kier alpha value is -3.54. The third-order valence-corrected chi connectivity index (χ3v) is 4.78. The van der Waals surface area contributed by atoms with Gasteiger partial charge in [-0.15, -0.1) is 0 Å². The van der Waals surface area contributed by atoms with Crippen LogP contribution in [0.5, 0.6) is 0 Å². The van der Waals surface area contributed by atoms with E-state index in [0.717, 1.165) is 34.2 Å². The number of benzene rings is 1. The second-order valence-corrected chi connectivity index (χ2v) is 7.30. The Kier molecular flexibility index (Phi) is 4.84. The number of halogens is 1. The van der Waals surface area contributed by atoms with Gasteiger partial charge in [0.15, 0.2) is 6.29 Å². The molecule has 0 aliphatic carbocycles. The van der Waals surface area contributed by atoms with Gasteiger partial charge in [-0.1, -0.05) is 19.9 Å². The summed E-state index contributed by atoms with van der Waals surface area (Å²) in [5.74, 6) is 0.668. The summed E-state index contributed by atoms with van der Waals surface area (Å²) in [5, 5.41) is 0. The molecule has 0 saturated heterocycles. The monoisotopic (exact) mass is 388 g/mol. The Morgan fingerprint density at radius 2 is 1.86 bits per heavy atom. The van der Waals surface area contributed by atoms with Crippen molar-refractivity contribution >= 4 is 6.29 Å². The van der Waals surface area contributed by atoms with Crippen LogP contribution in [0.2, 0.25) is 0 Å². The molecule has 4 aromatic rings. The van der Waals surface area contributed by atoms with Crippen LogP contribution >= 0.6 is 0 Å². The molecule has 146 valence electrons. The second kappa shape index (κ2) is 7.47. The van der Waals surface area contributed by atoms with E-state index in [4.69, 9.17) is 4.98 Å². The summed E-state index contributed by atoms with van der Waals surface area (Å²) in [6.07, 6.45) is 0.704. The molecule has 4 rings (SSSR count). The number of pyridine rings is 1. The van der Waals surface area contributed by atoms with E-state index in [1.807, 2.05) is 25.1 Å². The maximum Gasteiger partial charge on any atom is 0.166 e. The standard InChI is InChI=1S/C23H21FN4O/c1-13(2)23-27-21(22(28-23)20-6-4-5-14(3)25-20)15-7-9-18(24)17(11-15)19-10-8-16(12-29)26-19/h4-13,26H,1-3H3,(H,27,28). The molecule has 0 aliphatic rings. The smallest absolute Gasteiger partial charge is 0.166 e. The summed E-state index contributed by atoms with van der Waals surface area (Å²) in [6.45, 7) is 6.06. The van der Waals surface area contributed by atoms with E-state index < -0.39 is 0 Å². The first-order chi connectivity index (χ1) is 14.0. The molecule has 0 radical (unpaired) electrons. The molecular weight excluding hydrogens is 367 g/mol. The Morgan fingerprint density at radius 1 is 1.03 bits per heavy atom. The van der Waals surface area contributed by atoms with Gasteiger partial charge in [0.2, 0.25) is 0 Å². The van der Waals surface area contributed by atoms with Crippen molar-refractivity contribution in [3.63, 3.8) is 0 Å². The van der Waals surface area contributed by atoms with Gasteiger partial charge >= 0.3 is 0 Å². The number of nitrogens with one attached hydrogen (secondary N) is 2. The first kappa shape index (κ1) is 18.8. The number of aromatic amines is 2. The number of carbonyl (C=O) groups is 1. The highest BCUT2D eigenvalue weighted by molar-refractivity contribution is 5.81. The minimum atomic E-state index is -0.372. The van der Waals surface area contributed by atoms with Crippen LogP contribution in [0.15, 0.2) is 48.5 Å².